The molecule has 1 aromatic carbocycles. The van der Waals surface area contributed by atoms with Crippen molar-refractivity contribution in [1.82, 2.24) is 5.43 Å². The fourth-order valence-electron chi connectivity index (χ4n) is 4.45. The van der Waals surface area contributed by atoms with Crippen LogP contribution in [0.1, 0.15) is 56.6 Å². The van der Waals surface area contributed by atoms with Crippen LogP contribution in [0.3, 0.4) is 0 Å². The van der Waals surface area contributed by atoms with Gasteiger partial charge in [-0.25, -0.2) is 0 Å². The zero-order valence-corrected chi connectivity index (χ0v) is 13.8. The van der Waals surface area contributed by atoms with Crippen LogP contribution in [0.25, 0.3) is 0 Å². The third-order valence-electron chi connectivity index (χ3n) is 5.55. The van der Waals surface area contributed by atoms with Crippen molar-refractivity contribution in [3.63, 3.8) is 0 Å². The van der Waals surface area contributed by atoms with Crippen molar-refractivity contribution >= 4 is 23.2 Å². The Kier molecular flexibility index (Phi) is 5.11. The molecule has 0 saturated heterocycles. The fourth-order valence-corrected chi connectivity index (χ4v) is 4.88. The second kappa shape index (κ2) is 6.87. The Morgan fingerprint density at radius 3 is 2.57 bits per heavy atom. The lowest BCUT2D eigenvalue weighted by Crippen LogP contribution is -2.38. The number of halogens is 2. The van der Waals surface area contributed by atoms with E-state index in [-0.39, 0.29) is 6.04 Å². The monoisotopic (exact) mass is 326 g/mol. The molecule has 0 heterocycles. The largest absolute Gasteiger partial charge is 0.271 e. The summed E-state index contributed by atoms with van der Waals surface area (Å²) in [6, 6.07) is 5.95. The van der Waals surface area contributed by atoms with Crippen LogP contribution in [0.4, 0.5) is 0 Å². The van der Waals surface area contributed by atoms with E-state index in [0.29, 0.717) is 16.0 Å². The summed E-state index contributed by atoms with van der Waals surface area (Å²) in [7, 11) is 0. The summed E-state index contributed by atoms with van der Waals surface area (Å²) in [4.78, 5) is 0. The first-order valence-corrected chi connectivity index (χ1v) is 8.86. The van der Waals surface area contributed by atoms with E-state index in [9.17, 15) is 0 Å². The first-order chi connectivity index (χ1) is 10.2. The maximum atomic E-state index is 6.40. The molecule has 0 amide bonds. The lowest BCUT2D eigenvalue weighted by atomic mass is 9.65. The molecule has 4 heteroatoms. The van der Waals surface area contributed by atoms with E-state index in [2.05, 4.69) is 5.43 Å². The number of rotatable bonds is 3. The molecule has 0 bridgehead atoms. The van der Waals surface area contributed by atoms with Crippen LogP contribution < -0.4 is 11.3 Å². The third-order valence-corrected chi connectivity index (χ3v) is 6.38. The van der Waals surface area contributed by atoms with Gasteiger partial charge in [0.15, 0.2) is 0 Å². The molecule has 2 fully saturated rings. The van der Waals surface area contributed by atoms with Crippen LogP contribution in [-0.2, 0) is 0 Å². The van der Waals surface area contributed by atoms with Gasteiger partial charge in [-0.15, -0.1) is 0 Å². The van der Waals surface area contributed by atoms with Gasteiger partial charge >= 0.3 is 0 Å². The maximum Gasteiger partial charge on any atom is 0.0640 e. The first-order valence-electron chi connectivity index (χ1n) is 8.10. The SMILES string of the molecule is NNC(c1cccc(Cl)c1Cl)C1CCC2CCCCC2C1. The highest BCUT2D eigenvalue weighted by atomic mass is 35.5. The van der Waals surface area contributed by atoms with Gasteiger partial charge in [0.2, 0.25) is 0 Å². The highest BCUT2D eigenvalue weighted by Gasteiger charge is 2.36. The van der Waals surface area contributed by atoms with Gasteiger partial charge in [-0.05, 0) is 48.6 Å². The lowest BCUT2D eigenvalue weighted by molar-refractivity contribution is 0.109. The van der Waals surface area contributed by atoms with Crippen molar-refractivity contribution in [3.05, 3.63) is 33.8 Å². The molecule has 3 rings (SSSR count). The first kappa shape index (κ1) is 15.6. The van der Waals surface area contributed by atoms with Crippen LogP contribution in [0.5, 0.6) is 0 Å². The molecule has 0 aromatic heterocycles. The Labute approximate surface area is 137 Å². The highest BCUT2D eigenvalue weighted by molar-refractivity contribution is 6.42. The second-order valence-electron chi connectivity index (χ2n) is 6.67. The predicted octanol–water partition coefficient (Wildman–Crippen LogP) is 5.10. The van der Waals surface area contributed by atoms with Gasteiger partial charge < -0.3 is 0 Å². The lowest BCUT2D eigenvalue weighted by Gasteiger charge is -2.42. The minimum atomic E-state index is 0.110. The Bertz CT molecular complexity index is 492. The number of hydrogen-bond donors (Lipinski definition) is 2. The number of fused-ring (bicyclic) bond motifs is 1. The molecule has 4 unspecified atom stereocenters. The molecule has 2 aliphatic rings. The molecule has 116 valence electrons. The normalized spacial score (nSPS) is 30.7. The minimum Gasteiger partial charge on any atom is -0.271 e. The van der Waals surface area contributed by atoms with Gasteiger partial charge in [0.25, 0.3) is 0 Å². The molecule has 2 aliphatic carbocycles. The minimum absolute atomic E-state index is 0.110. The predicted molar refractivity (Wildman–Crippen MR) is 89.3 cm³/mol. The summed E-state index contributed by atoms with van der Waals surface area (Å²) in [5, 5.41) is 1.26. The van der Waals surface area contributed by atoms with Crippen molar-refractivity contribution in [2.24, 2.45) is 23.6 Å². The third kappa shape index (κ3) is 3.24. The maximum absolute atomic E-state index is 6.40. The smallest absolute Gasteiger partial charge is 0.0640 e. The van der Waals surface area contributed by atoms with E-state index in [1.54, 1.807) is 0 Å². The molecule has 21 heavy (non-hydrogen) atoms. The van der Waals surface area contributed by atoms with E-state index in [1.165, 1.54) is 44.9 Å². The van der Waals surface area contributed by atoms with Crippen molar-refractivity contribution in [2.75, 3.05) is 0 Å². The van der Waals surface area contributed by atoms with E-state index in [4.69, 9.17) is 29.0 Å². The number of hydrogen-bond acceptors (Lipinski definition) is 2. The molecular formula is C17H24Cl2N2. The van der Waals surface area contributed by atoms with Crippen molar-refractivity contribution < 1.29 is 0 Å². The number of hydrazine groups is 1. The molecule has 2 saturated carbocycles. The quantitative estimate of drug-likeness (QED) is 0.598. The van der Waals surface area contributed by atoms with Crippen LogP contribution in [0.2, 0.25) is 10.0 Å². The van der Waals surface area contributed by atoms with Crippen LogP contribution >= 0.6 is 23.2 Å². The molecule has 1 aromatic rings. The highest BCUT2D eigenvalue weighted by Crippen LogP contribution is 2.47. The van der Waals surface area contributed by atoms with Crippen LogP contribution in [-0.4, -0.2) is 0 Å². The average molecular weight is 327 g/mol. The molecule has 0 radical (unpaired) electrons. The Morgan fingerprint density at radius 1 is 1.05 bits per heavy atom. The molecule has 0 aliphatic heterocycles. The van der Waals surface area contributed by atoms with Crippen LogP contribution in [0.15, 0.2) is 18.2 Å². The summed E-state index contributed by atoms with van der Waals surface area (Å²) in [6.45, 7) is 0. The number of nitrogens with one attached hydrogen (secondary N) is 1. The molecular weight excluding hydrogens is 303 g/mol. The Balaban J connectivity index is 1.78. The zero-order chi connectivity index (χ0) is 14.8. The average Bonchev–Trinajstić information content (AvgIpc) is 2.52. The number of nitrogens with two attached hydrogens (primary N) is 1. The van der Waals surface area contributed by atoms with Gasteiger partial charge in [0, 0.05) is 0 Å². The Hall–Kier alpha value is -0.280. The topological polar surface area (TPSA) is 38.0 Å². The molecule has 4 atom stereocenters. The number of benzene rings is 1. The summed E-state index contributed by atoms with van der Waals surface area (Å²) in [5.74, 6) is 8.26. The van der Waals surface area contributed by atoms with E-state index < -0.39 is 0 Å². The van der Waals surface area contributed by atoms with Crippen LogP contribution in [0, 0.1) is 17.8 Å². The van der Waals surface area contributed by atoms with E-state index in [0.717, 1.165) is 17.4 Å². The van der Waals surface area contributed by atoms with E-state index in [1.807, 2.05) is 18.2 Å². The van der Waals surface area contributed by atoms with Crippen molar-refractivity contribution in [1.29, 1.82) is 0 Å². The zero-order valence-electron chi connectivity index (χ0n) is 12.3. The standard InChI is InChI=1S/C17H24Cl2N2/c18-15-7-3-6-14(16(15)19)17(21-20)13-9-8-11-4-1-2-5-12(11)10-13/h3,6-7,11-13,17,21H,1-2,4-5,8-10,20H2. The Morgan fingerprint density at radius 2 is 1.81 bits per heavy atom. The van der Waals surface area contributed by atoms with Gasteiger partial charge in [-0.2, -0.15) is 0 Å². The van der Waals surface area contributed by atoms with Gasteiger partial charge in [0.05, 0.1) is 16.1 Å². The van der Waals surface area contributed by atoms with Gasteiger partial charge in [-0.3, -0.25) is 11.3 Å². The summed E-state index contributed by atoms with van der Waals surface area (Å²) >= 11 is 12.6. The fraction of sp³-hybridized carbons (Fsp3) is 0.647. The van der Waals surface area contributed by atoms with Crippen molar-refractivity contribution in [3.8, 4) is 0 Å². The summed E-state index contributed by atoms with van der Waals surface area (Å²) in [5.41, 5.74) is 4.06. The molecule has 3 N–H and O–H groups in total. The van der Waals surface area contributed by atoms with E-state index >= 15 is 0 Å². The van der Waals surface area contributed by atoms with Gasteiger partial charge in [0.1, 0.15) is 0 Å². The molecule has 0 spiro atoms. The molecule has 2 nitrogen and oxygen atoms in total. The van der Waals surface area contributed by atoms with Crippen molar-refractivity contribution in [2.45, 2.75) is 51.0 Å². The summed E-state index contributed by atoms with van der Waals surface area (Å²) in [6.07, 6.45) is 9.47. The summed E-state index contributed by atoms with van der Waals surface area (Å²) < 4.78 is 0. The second-order valence-corrected chi connectivity index (χ2v) is 7.45. The van der Waals surface area contributed by atoms with Gasteiger partial charge in [-0.1, -0.05) is 61.0 Å².